The molecule has 0 spiro atoms. The number of anilines is 1. The first-order valence-corrected chi connectivity index (χ1v) is 7.07. The molecule has 0 N–H and O–H groups in total. The fraction of sp³-hybridized carbons (Fsp3) is 0.455. The predicted octanol–water partition coefficient (Wildman–Crippen LogP) is 1.99. The normalized spacial score (nSPS) is 18.1. The maximum absolute atomic E-state index is 11.3. The second-order valence-corrected chi connectivity index (χ2v) is 5.56. The van der Waals surface area contributed by atoms with E-state index in [-0.39, 0.29) is 0 Å². The largest absolute Gasteiger partial charge is 0.369 e. The average Bonchev–Trinajstić information content (AvgIpc) is 2.30. The SMILES string of the molecule is O=S1CCN(c2ccccc2CCl)CC1. The van der Waals surface area contributed by atoms with E-state index in [0.717, 1.165) is 30.2 Å². The van der Waals surface area contributed by atoms with Gasteiger partial charge in [-0.3, -0.25) is 4.21 Å². The van der Waals surface area contributed by atoms with Gasteiger partial charge in [-0.2, -0.15) is 0 Å². The van der Waals surface area contributed by atoms with Crippen molar-refractivity contribution < 1.29 is 4.21 Å². The van der Waals surface area contributed by atoms with Crippen LogP contribution in [0, 0.1) is 0 Å². The van der Waals surface area contributed by atoms with Crippen LogP contribution in [-0.2, 0) is 16.7 Å². The molecule has 0 saturated carbocycles. The molecular formula is C11H14ClNOS. The molecule has 0 unspecified atom stereocenters. The van der Waals surface area contributed by atoms with Crippen LogP contribution in [0.15, 0.2) is 24.3 Å². The Morgan fingerprint density at radius 2 is 1.93 bits per heavy atom. The molecule has 1 aromatic carbocycles. The molecule has 1 aliphatic heterocycles. The van der Waals surface area contributed by atoms with Gasteiger partial charge in [0.15, 0.2) is 0 Å². The lowest BCUT2D eigenvalue weighted by Gasteiger charge is -2.29. The molecule has 0 bridgehead atoms. The summed E-state index contributed by atoms with van der Waals surface area (Å²) in [5.74, 6) is 2.09. The number of hydrogen-bond donors (Lipinski definition) is 0. The van der Waals surface area contributed by atoms with Crippen molar-refractivity contribution in [1.82, 2.24) is 0 Å². The molecule has 4 heteroatoms. The molecule has 0 atom stereocenters. The second kappa shape index (κ2) is 4.99. The second-order valence-electron chi connectivity index (χ2n) is 3.60. The van der Waals surface area contributed by atoms with Crippen LogP contribution in [0.5, 0.6) is 0 Å². The number of hydrogen-bond acceptors (Lipinski definition) is 2. The summed E-state index contributed by atoms with van der Waals surface area (Å²) in [6.45, 7) is 1.75. The van der Waals surface area contributed by atoms with E-state index in [9.17, 15) is 4.21 Å². The molecule has 1 aliphatic rings. The van der Waals surface area contributed by atoms with Crippen molar-refractivity contribution in [3.8, 4) is 0 Å². The van der Waals surface area contributed by atoms with Crippen LogP contribution in [0.1, 0.15) is 5.56 Å². The van der Waals surface area contributed by atoms with Crippen molar-refractivity contribution in [1.29, 1.82) is 0 Å². The van der Waals surface area contributed by atoms with Crippen molar-refractivity contribution in [3.05, 3.63) is 29.8 Å². The van der Waals surface area contributed by atoms with E-state index in [1.165, 1.54) is 5.69 Å². The first-order chi connectivity index (χ1) is 7.31. The van der Waals surface area contributed by atoms with Gasteiger partial charge in [0.25, 0.3) is 0 Å². The standard InChI is InChI=1S/C11H14ClNOS/c12-9-10-3-1-2-4-11(10)13-5-7-15(14)8-6-13/h1-4H,5-9H2. The molecular weight excluding hydrogens is 230 g/mol. The van der Waals surface area contributed by atoms with Crippen LogP contribution in [0.3, 0.4) is 0 Å². The van der Waals surface area contributed by atoms with E-state index in [2.05, 4.69) is 11.0 Å². The molecule has 1 fully saturated rings. The molecule has 1 aromatic rings. The first-order valence-electron chi connectivity index (χ1n) is 5.05. The van der Waals surface area contributed by atoms with Crippen molar-refractivity contribution >= 4 is 28.1 Å². The van der Waals surface area contributed by atoms with Crippen LogP contribution < -0.4 is 4.90 Å². The van der Waals surface area contributed by atoms with Crippen molar-refractivity contribution in [2.45, 2.75) is 5.88 Å². The Hall–Kier alpha value is -0.540. The highest BCUT2D eigenvalue weighted by Gasteiger charge is 2.17. The van der Waals surface area contributed by atoms with Gasteiger partial charge in [0.1, 0.15) is 0 Å². The third kappa shape index (κ3) is 2.52. The lowest BCUT2D eigenvalue weighted by atomic mass is 10.2. The maximum Gasteiger partial charge on any atom is 0.0494 e. The summed E-state index contributed by atoms with van der Waals surface area (Å²) in [7, 11) is -0.618. The van der Waals surface area contributed by atoms with E-state index < -0.39 is 10.8 Å². The molecule has 0 aromatic heterocycles. The summed E-state index contributed by atoms with van der Waals surface area (Å²) < 4.78 is 11.3. The summed E-state index contributed by atoms with van der Waals surface area (Å²) in [5, 5.41) is 0. The summed E-state index contributed by atoms with van der Waals surface area (Å²) in [5.41, 5.74) is 2.36. The molecule has 0 radical (unpaired) electrons. The molecule has 0 amide bonds. The number of nitrogens with zero attached hydrogens (tertiary/aromatic N) is 1. The van der Waals surface area contributed by atoms with Crippen LogP contribution in [0.25, 0.3) is 0 Å². The van der Waals surface area contributed by atoms with E-state index in [1.807, 2.05) is 18.2 Å². The van der Waals surface area contributed by atoms with E-state index >= 15 is 0 Å². The Morgan fingerprint density at radius 1 is 1.27 bits per heavy atom. The molecule has 1 saturated heterocycles. The van der Waals surface area contributed by atoms with Gasteiger partial charge in [-0.05, 0) is 11.6 Å². The van der Waals surface area contributed by atoms with Gasteiger partial charge in [0, 0.05) is 47.0 Å². The Kier molecular flexibility index (Phi) is 3.65. The minimum atomic E-state index is -0.618. The van der Waals surface area contributed by atoms with Gasteiger partial charge in [-0.25, -0.2) is 0 Å². The Balaban J connectivity index is 2.18. The average molecular weight is 244 g/mol. The van der Waals surface area contributed by atoms with Gasteiger partial charge in [-0.15, -0.1) is 11.6 Å². The summed E-state index contributed by atoms with van der Waals surface area (Å²) in [6.07, 6.45) is 0. The van der Waals surface area contributed by atoms with Gasteiger partial charge < -0.3 is 4.90 Å². The van der Waals surface area contributed by atoms with Gasteiger partial charge in [-0.1, -0.05) is 18.2 Å². The molecule has 2 nitrogen and oxygen atoms in total. The molecule has 1 heterocycles. The van der Waals surface area contributed by atoms with Crippen LogP contribution in [0.2, 0.25) is 0 Å². The minimum Gasteiger partial charge on any atom is -0.369 e. The first kappa shape index (κ1) is 11.0. The predicted molar refractivity (Wildman–Crippen MR) is 66.1 cm³/mol. The van der Waals surface area contributed by atoms with Gasteiger partial charge in [0.05, 0.1) is 0 Å². The number of alkyl halides is 1. The van der Waals surface area contributed by atoms with Crippen LogP contribution in [0.4, 0.5) is 5.69 Å². The van der Waals surface area contributed by atoms with E-state index in [4.69, 9.17) is 11.6 Å². The fourth-order valence-electron chi connectivity index (χ4n) is 1.81. The highest BCUT2D eigenvalue weighted by Crippen LogP contribution is 2.23. The Morgan fingerprint density at radius 3 is 2.60 bits per heavy atom. The lowest BCUT2D eigenvalue weighted by Crippen LogP contribution is -2.38. The zero-order valence-electron chi connectivity index (χ0n) is 8.49. The molecule has 2 rings (SSSR count). The topological polar surface area (TPSA) is 20.3 Å². The zero-order valence-corrected chi connectivity index (χ0v) is 10.1. The quantitative estimate of drug-likeness (QED) is 0.741. The monoisotopic (exact) mass is 243 g/mol. The van der Waals surface area contributed by atoms with Gasteiger partial charge >= 0.3 is 0 Å². The Labute approximate surface area is 97.7 Å². The fourth-order valence-corrected chi connectivity index (χ4v) is 3.09. The summed E-state index contributed by atoms with van der Waals surface area (Å²) in [4.78, 5) is 2.28. The highest BCUT2D eigenvalue weighted by molar-refractivity contribution is 7.85. The van der Waals surface area contributed by atoms with E-state index in [0.29, 0.717) is 5.88 Å². The maximum atomic E-state index is 11.3. The van der Waals surface area contributed by atoms with Crippen molar-refractivity contribution in [2.75, 3.05) is 29.5 Å². The van der Waals surface area contributed by atoms with Crippen LogP contribution in [-0.4, -0.2) is 28.8 Å². The molecule has 82 valence electrons. The highest BCUT2D eigenvalue weighted by atomic mass is 35.5. The zero-order chi connectivity index (χ0) is 10.7. The number of halogens is 1. The third-order valence-electron chi connectivity index (χ3n) is 2.65. The minimum absolute atomic E-state index is 0.537. The molecule has 15 heavy (non-hydrogen) atoms. The lowest BCUT2D eigenvalue weighted by molar-refractivity contribution is 0.673. The smallest absolute Gasteiger partial charge is 0.0494 e. The number of para-hydroxylation sites is 1. The molecule has 0 aliphatic carbocycles. The number of benzene rings is 1. The van der Waals surface area contributed by atoms with Crippen molar-refractivity contribution in [2.24, 2.45) is 0 Å². The van der Waals surface area contributed by atoms with E-state index in [1.54, 1.807) is 0 Å². The van der Waals surface area contributed by atoms with Crippen LogP contribution >= 0.6 is 11.6 Å². The summed E-state index contributed by atoms with van der Waals surface area (Å²) in [6, 6.07) is 8.17. The Bertz CT molecular complexity index is 359. The van der Waals surface area contributed by atoms with Gasteiger partial charge in [0.2, 0.25) is 0 Å². The summed E-state index contributed by atoms with van der Waals surface area (Å²) >= 11 is 5.89. The number of rotatable bonds is 2. The van der Waals surface area contributed by atoms with Crippen molar-refractivity contribution in [3.63, 3.8) is 0 Å². The third-order valence-corrected chi connectivity index (χ3v) is 4.22.